The fourth-order valence-corrected chi connectivity index (χ4v) is 2.27. The van der Waals surface area contributed by atoms with Gasteiger partial charge in [0.2, 0.25) is 5.91 Å². The van der Waals surface area contributed by atoms with Crippen molar-refractivity contribution < 1.29 is 9.53 Å². The summed E-state index contributed by atoms with van der Waals surface area (Å²) in [6.07, 6.45) is 3.84. The molecule has 1 fully saturated rings. The van der Waals surface area contributed by atoms with E-state index in [-0.39, 0.29) is 18.6 Å². The summed E-state index contributed by atoms with van der Waals surface area (Å²) >= 11 is 0. The Morgan fingerprint density at radius 3 is 3.19 bits per heavy atom. The van der Waals surface area contributed by atoms with Gasteiger partial charge >= 0.3 is 0 Å². The van der Waals surface area contributed by atoms with E-state index in [9.17, 15) is 4.79 Å². The minimum Gasteiger partial charge on any atom is -0.375 e. The topological polar surface area (TPSA) is 58.2 Å². The van der Waals surface area contributed by atoms with Crippen LogP contribution in [0.2, 0.25) is 0 Å². The van der Waals surface area contributed by atoms with Gasteiger partial charge in [-0.25, -0.2) is 0 Å². The highest BCUT2D eigenvalue weighted by atomic mass is 16.5. The molecule has 1 atom stereocenters. The molecule has 88 valence electrons. The summed E-state index contributed by atoms with van der Waals surface area (Å²) < 4.78 is 4.89. The van der Waals surface area contributed by atoms with Gasteiger partial charge in [0.25, 0.3) is 0 Å². The maximum Gasteiger partial charge on any atom is 0.249 e. The fourth-order valence-electron chi connectivity index (χ4n) is 2.27. The fraction of sp³-hybridized carbons (Fsp3) is 0.636. The van der Waals surface area contributed by atoms with Gasteiger partial charge in [-0.2, -0.15) is 5.10 Å². The number of hydrogen-bond donors (Lipinski definition) is 1. The quantitative estimate of drug-likeness (QED) is 0.832. The first-order valence-corrected chi connectivity index (χ1v) is 5.52. The maximum absolute atomic E-state index is 11.8. The Labute approximate surface area is 94.8 Å². The summed E-state index contributed by atoms with van der Waals surface area (Å²) in [5.74, 6) is 0.0546. The maximum atomic E-state index is 11.8. The molecule has 1 aliphatic rings. The van der Waals surface area contributed by atoms with E-state index in [2.05, 4.69) is 10.2 Å². The van der Waals surface area contributed by atoms with Crippen LogP contribution in [0.1, 0.15) is 30.1 Å². The summed E-state index contributed by atoms with van der Waals surface area (Å²) in [4.78, 5) is 13.7. The SMILES string of the molecule is COCC(=O)N1CCCC1c1[nH]ncc1C. The third-order valence-corrected chi connectivity index (χ3v) is 3.04. The van der Waals surface area contributed by atoms with Gasteiger partial charge in [0, 0.05) is 13.7 Å². The molecular weight excluding hydrogens is 206 g/mol. The van der Waals surface area contributed by atoms with E-state index in [1.54, 1.807) is 13.3 Å². The first kappa shape index (κ1) is 11.1. The molecule has 0 aromatic carbocycles. The van der Waals surface area contributed by atoms with Crippen LogP contribution in [-0.4, -0.2) is 41.3 Å². The van der Waals surface area contributed by atoms with Crippen molar-refractivity contribution in [2.45, 2.75) is 25.8 Å². The average molecular weight is 223 g/mol. The Balaban J connectivity index is 2.15. The lowest BCUT2D eigenvalue weighted by Gasteiger charge is -2.24. The van der Waals surface area contributed by atoms with E-state index in [0.29, 0.717) is 0 Å². The van der Waals surface area contributed by atoms with Crippen molar-refractivity contribution in [2.24, 2.45) is 0 Å². The molecule has 2 rings (SSSR count). The van der Waals surface area contributed by atoms with Gasteiger partial charge in [-0.1, -0.05) is 0 Å². The highest BCUT2D eigenvalue weighted by molar-refractivity contribution is 5.78. The molecule has 0 aliphatic carbocycles. The third-order valence-electron chi connectivity index (χ3n) is 3.04. The molecule has 1 aromatic rings. The zero-order chi connectivity index (χ0) is 11.5. The minimum absolute atomic E-state index is 0.0546. The van der Waals surface area contributed by atoms with Crippen molar-refractivity contribution in [1.29, 1.82) is 0 Å². The molecule has 0 radical (unpaired) electrons. The van der Waals surface area contributed by atoms with Gasteiger partial charge in [0.15, 0.2) is 0 Å². The minimum atomic E-state index is 0.0546. The molecule has 5 nitrogen and oxygen atoms in total. The van der Waals surface area contributed by atoms with Crippen LogP contribution in [0.5, 0.6) is 0 Å². The zero-order valence-corrected chi connectivity index (χ0v) is 9.69. The van der Waals surface area contributed by atoms with Gasteiger partial charge < -0.3 is 9.64 Å². The second kappa shape index (κ2) is 4.65. The first-order valence-electron chi connectivity index (χ1n) is 5.52. The highest BCUT2D eigenvalue weighted by Gasteiger charge is 2.31. The highest BCUT2D eigenvalue weighted by Crippen LogP contribution is 2.32. The molecule has 1 unspecified atom stereocenters. The number of amides is 1. The van der Waals surface area contributed by atoms with E-state index < -0.39 is 0 Å². The van der Waals surface area contributed by atoms with E-state index in [0.717, 1.165) is 30.6 Å². The average Bonchev–Trinajstić information content (AvgIpc) is 2.85. The van der Waals surface area contributed by atoms with Crippen molar-refractivity contribution in [3.05, 3.63) is 17.5 Å². The number of hydrogen-bond acceptors (Lipinski definition) is 3. The molecule has 0 bridgehead atoms. The molecule has 0 spiro atoms. The van der Waals surface area contributed by atoms with E-state index in [4.69, 9.17) is 4.74 Å². The number of H-pyrrole nitrogens is 1. The molecule has 2 heterocycles. The van der Waals surface area contributed by atoms with Crippen molar-refractivity contribution in [2.75, 3.05) is 20.3 Å². The monoisotopic (exact) mass is 223 g/mol. The Kier molecular flexibility index (Phi) is 3.24. The lowest BCUT2D eigenvalue weighted by atomic mass is 10.1. The summed E-state index contributed by atoms with van der Waals surface area (Å²) in [6.45, 7) is 2.98. The summed E-state index contributed by atoms with van der Waals surface area (Å²) in [5, 5.41) is 7.00. The van der Waals surface area contributed by atoms with Crippen molar-refractivity contribution in [3.63, 3.8) is 0 Å². The van der Waals surface area contributed by atoms with Gasteiger partial charge in [-0.3, -0.25) is 9.89 Å². The molecule has 1 saturated heterocycles. The second-order valence-corrected chi connectivity index (χ2v) is 4.14. The zero-order valence-electron chi connectivity index (χ0n) is 9.69. The molecule has 16 heavy (non-hydrogen) atoms. The Bertz CT molecular complexity index is 375. The summed E-state index contributed by atoms with van der Waals surface area (Å²) in [5.41, 5.74) is 2.17. The van der Waals surface area contributed by atoms with Crippen molar-refractivity contribution >= 4 is 5.91 Å². The predicted molar refractivity (Wildman–Crippen MR) is 58.9 cm³/mol. The number of carbonyl (C=O) groups is 1. The van der Waals surface area contributed by atoms with Gasteiger partial charge in [-0.05, 0) is 25.3 Å². The largest absolute Gasteiger partial charge is 0.375 e. The summed E-state index contributed by atoms with van der Waals surface area (Å²) in [7, 11) is 1.55. The molecular formula is C11H17N3O2. The Hall–Kier alpha value is -1.36. The number of aromatic amines is 1. The standard InChI is InChI=1S/C11H17N3O2/c1-8-6-12-13-11(8)9-4-3-5-14(9)10(15)7-16-2/h6,9H,3-5,7H2,1-2H3,(H,12,13). The molecule has 1 amide bonds. The smallest absolute Gasteiger partial charge is 0.249 e. The number of nitrogens with one attached hydrogen (secondary N) is 1. The second-order valence-electron chi connectivity index (χ2n) is 4.14. The molecule has 1 aromatic heterocycles. The van der Waals surface area contributed by atoms with Crippen LogP contribution < -0.4 is 0 Å². The third kappa shape index (κ3) is 1.95. The summed E-state index contributed by atoms with van der Waals surface area (Å²) in [6, 6.07) is 0.144. The molecule has 1 N–H and O–H groups in total. The first-order chi connectivity index (χ1) is 7.74. The number of aromatic nitrogens is 2. The van der Waals surface area contributed by atoms with Crippen LogP contribution in [0.25, 0.3) is 0 Å². The normalized spacial score (nSPS) is 20.4. The molecule has 5 heteroatoms. The predicted octanol–water partition coefficient (Wildman–Crippen LogP) is 1.03. The van der Waals surface area contributed by atoms with E-state index in [1.165, 1.54) is 0 Å². The number of methoxy groups -OCH3 is 1. The van der Waals surface area contributed by atoms with Crippen molar-refractivity contribution in [3.8, 4) is 0 Å². The number of aryl methyl sites for hydroxylation is 1. The van der Waals surface area contributed by atoms with Gasteiger partial charge in [0.05, 0.1) is 17.9 Å². The van der Waals surface area contributed by atoms with E-state index in [1.807, 2.05) is 11.8 Å². The molecule has 1 aliphatic heterocycles. The number of nitrogens with zero attached hydrogens (tertiary/aromatic N) is 2. The van der Waals surface area contributed by atoms with Crippen LogP contribution in [-0.2, 0) is 9.53 Å². The number of rotatable bonds is 3. The number of ether oxygens (including phenoxy) is 1. The number of likely N-dealkylation sites (tertiary alicyclic amines) is 1. The lowest BCUT2D eigenvalue weighted by molar-refractivity contribution is -0.136. The lowest BCUT2D eigenvalue weighted by Crippen LogP contribution is -2.33. The number of carbonyl (C=O) groups excluding carboxylic acids is 1. The van der Waals surface area contributed by atoms with Crippen LogP contribution in [0.3, 0.4) is 0 Å². The van der Waals surface area contributed by atoms with E-state index >= 15 is 0 Å². The molecule has 0 saturated carbocycles. The van der Waals surface area contributed by atoms with Crippen molar-refractivity contribution in [1.82, 2.24) is 15.1 Å². The van der Waals surface area contributed by atoms with Crippen LogP contribution in [0.4, 0.5) is 0 Å². The Morgan fingerprint density at radius 1 is 1.75 bits per heavy atom. The van der Waals surface area contributed by atoms with Crippen LogP contribution in [0, 0.1) is 6.92 Å². The van der Waals surface area contributed by atoms with Gasteiger partial charge in [-0.15, -0.1) is 0 Å². The van der Waals surface area contributed by atoms with Crippen LogP contribution in [0.15, 0.2) is 6.20 Å². The van der Waals surface area contributed by atoms with Crippen LogP contribution >= 0.6 is 0 Å². The van der Waals surface area contributed by atoms with Gasteiger partial charge in [0.1, 0.15) is 6.61 Å². The Morgan fingerprint density at radius 2 is 2.56 bits per heavy atom.